The molecule has 186 valence electrons. The maximum absolute atomic E-state index is 13.5. The first-order valence-corrected chi connectivity index (χ1v) is 12.1. The van der Waals surface area contributed by atoms with E-state index in [0.717, 1.165) is 12.8 Å². The molecule has 0 spiro atoms. The second kappa shape index (κ2) is 10.2. The monoisotopic (exact) mass is 512 g/mol. The van der Waals surface area contributed by atoms with Crippen LogP contribution in [0.25, 0.3) is 22.7 Å². The van der Waals surface area contributed by atoms with Crippen LogP contribution < -0.4 is 20.9 Å². The molecule has 9 nitrogen and oxygen atoms in total. The Hall–Kier alpha value is -3.53. The second-order valence-electron chi connectivity index (χ2n) is 8.24. The van der Waals surface area contributed by atoms with E-state index in [9.17, 15) is 13.6 Å². The number of aromatic nitrogens is 3. The number of hydrogen-bond donors (Lipinski definition) is 3. The zero-order valence-corrected chi connectivity index (χ0v) is 20.2. The van der Waals surface area contributed by atoms with Crippen LogP contribution in [0, 0.1) is 24.7 Å². The summed E-state index contributed by atoms with van der Waals surface area (Å²) in [6.07, 6.45) is 3.48. The Morgan fingerprint density at radius 2 is 2.06 bits per heavy atom. The third-order valence-electron chi connectivity index (χ3n) is 5.48. The highest BCUT2D eigenvalue weighted by Crippen LogP contribution is 2.36. The van der Waals surface area contributed by atoms with E-state index in [0.29, 0.717) is 22.9 Å². The molecule has 0 bridgehead atoms. The number of amides is 1. The van der Waals surface area contributed by atoms with Crippen molar-refractivity contribution < 1.29 is 22.7 Å². The van der Waals surface area contributed by atoms with Crippen molar-refractivity contribution in [2.45, 2.75) is 37.1 Å². The SMILES string of the molecule is COc1cnc(C(F)F)cc1-c1cc(-c2nc(C)co2)ncc1C(=O)NC1NNC(C#CC2CC2)S1. The second-order valence-corrected chi connectivity index (χ2v) is 9.46. The van der Waals surface area contributed by atoms with Gasteiger partial charge in [-0.2, -0.15) is 0 Å². The van der Waals surface area contributed by atoms with E-state index in [4.69, 9.17) is 9.15 Å². The number of nitrogens with zero attached hydrogens (tertiary/aromatic N) is 3. The van der Waals surface area contributed by atoms with E-state index >= 15 is 0 Å². The summed E-state index contributed by atoms with van der Waals surface area (Å²) in [5.74, 6) is 6.80. The number of carbonyl (C=O) groups is 1. The van der Waals surface area contributed by atoms with Gasteiger partial charge in [0.25, 0.3) is 12.3 Å². The predicted molar refractivity (Wildman–Crippen MR) is 129 cm³/mol. The van der Waals surface area contributed by atoms with Crippen LogP contribution in [0.3, 0.4) is 0 Å². The fraction of sp³-hybridized carbons (Fsp3) is 0.333. The number of rotatable bonds is 6. The molecule has 1 aliphatic heterocycles. The Bertz CT molecular complexity index is 1350. The first-order chi connectivity index (χ1) is 17.4. The molecular formula is C24H22F2N6O3S. The fourth-order valence-electron chi connectivity index (χ4n) is 3.51. The molecule has 36 heavy (non-hydrogen) atoms. The lowest BCUT2D eigenvalue weighted by atomic mass is 9.99. The average Bonchev–Trinajstić information content (AvgIpc) is 3.44. The van der Waals surface area contributed by atoms with E-state index in [1.165, 1.54) is 43.6 Å². The number of alkyl halides is 2. The number of pyridine rings is 2. The number of hydrogen-bond acceptors (Lipinski definition) is 9. The molecule has 2 fully saturated rings. The highest BCUT2D eigenvalue weighted by atomic mass is 32.2. The zero-order chi connectivity index (χ0) is 25.2. The van der Waals surface area contributed by atoms with E-state index in [1.807, 2.05) is 0 Å². The third kappa shape index (κ3) is 5.33. The summed E-state index contributed by atoms with van der Waals surface area (Å²) in [5, 5.41) is 2.71. The smallest absolute Gasteiger partial charge is 0.280 e. The summed E-state index contributed by atoms with van der Waals surface area (Å²) in [6, 6.07) is 2.76. The van der Waals surface area contributed by atoms with Gasteiger partial charge in [-0.25, -0.2) is 24.6 Å². The molecule has 3 aromatic rings. The van der Waals surface area contributed by atoms with Crippen molar-refractivity contribution >= 4 is 17.7 Å². The Morgan fingerprint density at radius 1 is 1.22 bits per heavy atom. The summed E-state index contributed by atoms with van der Waals surface area (Å²) >= 11 is 1.41. The molecule has 1 aliphatic carbocycles. The lowest BCUT2D eigenvalue weighted by Crippen LogP contribution is -2.43. The molecule has 4 heterocycles. The molecular weight excluding hydrogens is 490 g/mol. The molecule has 1 saturated heterocycles. The number of carbonyl (C=O) groups excluding carboxylic acids is 1. The molecule has 12 heteroatoms. The van der Waals surface area contributed by atoms with Gasteiger partial charge in [-0.3, -0.25) is 14.8 Å². The van der Waals surface area contributed by atoms with Crippen molar-refractivity contribution in [3.8, 4) is 40.3 Å². The number of oxazole rings is 1. The minimum atomic E-state index is -2.80. The molecule has 1 saturated carbocycles. The number of nitrogens with one attached hydrogen (secondary N) is 3. The Balaban J connectivity index is 1.49. The first-order valence-electron chi connectivity index (χ1n) is 11.1. The standard InChI is InChI=1S/C24H22F2N6O3S/c1-12-11-35-23(29-12)18-7-14(15-8-17(21(25)26)28-10-19(15)34-2)16(9-27-18)22(33)30-24-32-31-20(36-24)6-5-13-3-4-13/h7-11,13,20-21,24,31-32H,3-4H2,1-2H3,(H,30,33). The Labute approximate surface area is 209 Å². The molecule has 0 radical (unpaired) electrons. The number of methoxy groups -OCH3 is 1. The first kappa shape index (κ1) is 24.2. The van der Waals surface area contributed by atoms with Crippen molar-refractivity contribution in [3.05, 3.63) is 47.7 Å². The van der Waals surface area contributed by atoms with Gasteiger partial charge in [0, 0.05) is 23.2 Å². The van der Waals surface area contributed by atoms with Gasteiger partial charge in [-0.05, 0) is 31.9 Å². The van der Waals surface area contributed by atoms with Gasteiger partial charge in [0.2, 0.25) is 5.89 Å². The maximum atomic E-state index is 13.5. The summed E-state index contributed by atoms with van der Waals surface area (Å²) in [5.41, 5.74) is 6.83. The highest BCUT2D eigenvalue weighted by molar-refractivity contribution is 8.00. The molecule has 0 aromatic carbocycles. The zero-order valence-electron chi connectivity index (χ0n) is 19.3. The van der Waals surface area contributed by atoms with Gasteiger partial charge in [0.15, 0.2) is 0 Å². The van der Waals surface area contributed by atoms with Gasteiger partial charge >= 0.3 is 0 Å². The largest absolute Gasteiger partial charge is 0.494 e. The maximum Gasteiger partial charge on any atom is 0.280 e. The van der Waals surface area contributed by atoms with Crippen molar-refractivity contribution in [1.82, 2.24) is 31.1 Å². The van der Waals surface area contributed by atoms with Gasteiger partial charge in [-0.15, -0.1) is 0 Å². The van der Waals surface area contributed by atoms with Crippen LogP contribution in [-0.2, 0) is 0 Å². The van der Waals surface area contributed by atoms with Crippen LogP contribution >= 0.6 is 11.8 Å². The summed E-state index contributed by atoms with van der Waals surface area (Å²) < 4.78 is 37.8. The van der Waals surface area contributed by atoms with Gasteiger partial charge in [0.05, 0.1) is 24.6 Å². The minimum Gasteiger partial charge on any atom is -0.494 e. The molecule has 3 N–H and O–H groups in total. The Morgan fingerprint density at radius 3 is 2.75 bits per heavy atom. The molecule has 2 aliphatic rings. The van der Waals surface area contributed by atoms with Crippen molar-refractivity contribution in [2.24, 2.45) is 5.92 Å². The number of ether oxygens (including phenoxy) is 1. The van der Waals surface area contributed by atoms with Gasteiger partial charge in [0.1, 0.15) is 34.3 Å². The van der Waals surface area contributed by atoms with Crippen LogP contribution in [0.5, 0.6) is 5.75 Å². The lowest BCUT2D eigenvalue weighted by molar-refractivity contribution is 0.0945. The van der Waals surface area contributed by atoms with E-state index in [2.05, 4.69) is 43.0 Å². The molecule has 5 rings (SSSR count). The quantitative estimate of drug-likeness (QED) is 0.426. The number of hydrazine groups is 1. The van der Waals surface area contributed by atoms with Crippen LogP contribution in [0.2, 0.25) is 0 Å². The molecule has 2 atom stereocenters. The normalized spacial score (nSPS) is 19.1. The predicted octanol–water partition coefficient (Wildman–Crippen LogP) is 3.65. The average molecular weight is 513 g/mol. The highest BCUT2D eigenvalue weighted by Gasteiger charge is 2.28. The fourth-order valence-corrected chi connectivity index (χ4v) is 4.37. The number of thioether (sulfide) groups is 1. The molecule has 3 aromatic heterocycles. The minimum absolute atomic E-state index is 0.154. The molecule has 2 unspecified atom stereocenters. The van der Waals surface area contributed by atoms with E-state index in [1.54, 1.807) is 13.0 Å². The van der Waals surface area contributed by atoms with Crippen LogP contribution in [0.15, 0.2) is 35.2 Å². The van der Waals surface area contributed by atoms with E-state index < -0.39 is 23.5 Å². The summed E-state index contributed by atoms with van der Waals surface area (Å²) in [4.78, 5) is 25.7. The van der Waals surface area contributed by atoms with Gasteiger partial charge < -0.3 is 14.5 Å². The van der Waals surface area contributed by atoms with Crippen molar-refractivity contribution in [1.29, 1.82) is 0 Å². The lowest BCUT2D eigenvalue weighted by Gasteiger charge is -2.16. The van der Waals surface area contributed by atoms with E-state index in [-0.39, 0.29) is 28.1 Å². The summed E-state index contributed by atoms with van der Waals surface area (Å²) in [6.45, 7) is 1.76. The topological polar surface area (TPSA) is 114 Å². The van der Waals surface area contributed by atoms with Crippen molar-refractivity contribution in [2.75, 3.05) is 7.11 Å². The van der Waals surface area contributed by atoms with Crippen LogP contribution in [-0.4, -0.2) is 38.8 Å². The molecule has 1 amide bonds. The number of aryl methyl sites for hydroxylation is 1. The van der Waals surface area contributed by atoms with Crippen LogP contribution in [0.1, 0.15) is 41.0 Å². The Kier molecular flexibility index (Phi) is 6.86. The van der Waals surface area contributed by atoms with Gasteiger partial charge in [-0.1, -0.05) is 23.6 Å². The number of halogens is 2. The van der Waals surface area contributed by atoms with Crippen LogP contribution in [0.4, 0.5) is 8.78 Å². The van der Waals surface area contributed by atoms with Crippen molar-refractivity contribution in [3.63, 3.8) is 0 Å². The summed E-state index contributed by atoms with van der Waals surface area (Å²) in [7, 11) is 1.40. The third-order valence-corrected chi connectivity index (χ3v) is 6.50.